The van der Waals surface area contributed by atoms with Gasteiger partial charge in [0.05, 0.1) is 10.6 Å². The zero-order chi connectivity index (χ0) is 20.4. The van der Waals surface area contributed by atoms with Gasteiger partial charge in [0.1, 0.15) is 5.75 Å². The SMILES string of the molecule is O=C(Nc1c(O)ccc2ccccc12)c1cccc(S(=O)(=O)N2CCCCC2)c1. The molecule has 150 valence electrons. The smallest absolute Gasteiger partial charge is 0.255 e. The minimum Gasteiger partial charge on any atom is -0.506 e. The highest BCUT2D eigenvalue weighted by molar-refractivity contribution is 7.89. The molecule has 0 saturated carbocycles. The van der Waals surface area contributed by atoms with Crippen LogP contribution in [-0.4, -0.2) is 36.8 Å². The Morgan fingerprint density at radius 2 is 1.69 bits per heavy atom. The van der Waals surface area contributed by atoms with E-state index in [4.69, 9.17) is 0 Å². The van der Waals surface area contributed by atoms with E-state index in [2.05, 4.69) is 5.32 Å². The molecule has 3 aromatic carbocycles. The van der Waals surface area contributed by atoms with Crippen molar-refractivity contribution >= 4 is 32.4 Å². The number of carbonyl (C=O) groups is 1. The van der Waals surface area contributed by atoms with Crippen molar-refractivity contribution in [3.8, 4) is 5.75 Å². The van der Waals surface area contributed by atoms with Gasteiger partial charge < -0.3 is 10.4 Å². The van der Waals surface area contributed by atoms with Crippen LogP contribution in [0.4, 0.5) is 5.69 Å². The van der Waals surface area contributed by atoms with Gasteiger partial charge in [0.15, 0.2) is 0 Å². The molecule has 29 heavy (non-hydrogen) atoms. The zero-order valence-corrected chi connectivity index (χ0v) is 16.7. The lowest BCUT2D eigenvalue weighted by molar-refractivity contribution is 0.102. The number of hydrogen-bond donors (Lipinski definition) is 2. The van der Waals surface area contributed by atoms with Gasteiger partial charge in [-0.3, -0.25) is 4.79 Å². The average Bonchev–Trinajstić information content (AvgIpc) is 2.76. The molecular formula is C22H22N2O4S. The number of aromatic hydroxyl groups is 1. The van der Waals surface area contributed by atoms with E-state index in [-0.39, 0.29) is 16.2 Å². The van der Waals surface area contributed by atoms with E-state index >= 15 is 0 Å². The fourth-order valence-electron chi connectivity index (χ4n) is 3.63. The predicted molar refractivity (Wildman–Crippen MR) is 113 cm³/mol. The van der Waals surface area contributed by atoms with Gasteiger partial charge in [-0.1, -0.05) is 42.8 Å². The molecule has 0 bridgehead atoms. The molecule has 1 fully saturated rings. The molecule has 1 amide bonds. The number of hydrogen-bond acceptors (Lipinski definition) is 4. The number of fused-ring (bicyclic) bond motifs is 1. The Kier molecular flexibility index (Phi) is 5.25. The molecule has 1 aliphatic rings. The first kappa shape index (κ1) is 19.4. The number of phenols is 1. The summed E-state index contributed by atoms with van der Waals surface area (Å²) in [4.78, 5) is 12.9. The number of sulfonamides is 1. The van der Waals surface area contributed by atoms with Crippen molar-refractivity contribution in [2.75, 3.05) is 18.4 Å². The van der Waals surface area contributed by atoms with Crippen molar-refractivity contribution in [2.24, 2.45) is 0 Å². The van der Waals surface area contributed by atoms with E-state index in [1.807, 2.05) is 24.3 Å². The van der Waals surface area contributed by atoms with Crippen LogP contribution in [-0.2, 0) is 10.0 Å². The monoisotopic (exact) mass is 410 g/mol. The summed E-state index contributed by atoms with van der Waals surface area (Å²) in [7, 11) is -3.63. The minimum absolute atomic E-state index is 0.0471. The molecule has 0 radical (unpaired) electrons. The Labute approximate surface area is 169 Å². The van der Waals surface area contributed by atoms with Crippen LogP contribution in [0.1, 0.15) is 29.6 Å². The summed E-state index contributed by atoms with van der Waals surface area (Å²) in [5, 5.41) is 14.6. The molecule has 2 N–H and O–H groups in total. The molecular weight excluding hydrogens is 388 g/mol. The standard InChI is InChI=1S/C22H22N2O4S/c25-20-12-11-16-7-2-3-10-19(16)21(20)23-22(26)17-8-6-9-18(15-17)29(27,28)24-13-4-1-5-14-24/h2-3,6-12,15,25H,1,4-5,13-14H2,(H,23,26). The molecule has 4 rings (SSSR count). The molecule has 0 spiro atoms. The minimum atomic E-state index is -3.63. The number of amides is 1. The number of anilines is 1. The third-order valence-electron chi connectivity index (χ3n) is 5.19. The van der Waals surface area contributed by atoms with Gasteiger partial charge in [0.25, 0.3) is 5.91 Å². The van der Waals surface area contributed by atoms with E-state index in [0.717, 1.165) is 24.6 Å². The predicted octanol–water partition coefficient (Wildman–Crippen LogP) is 3.97. The number of benzene rings is 3. The highest BCUT2D eigenvalue weighted by atomic mass is 32.2. The molecule has 1 saturated heterocycles. The normalized spacial score (nSPS) is 15.3. The Morgan fingerprint density at radius 3 is 2.48 bits per heavy atom. The van der Waals surface area contributed by atoms with Crippen molar-refractivity contribution in [3.05, 3.63) is 66.2 Å². The Balaban J connectivity index is 1.64. The second-order valence-electron chi connectivity index (χ2n) is 7.13. The quantitative estimate of drug-likeness (QED) is 0.637. The van der Waals surface area contributed by atoms with Crippen LogP contribution >= 0.6 is 0 Å². The van der Waals surface area contributed by atoms with Crippen molar-refractivity contribution in [3.63, 3.8) is 0 Å². The molecule has 0 unspecified atom stereocenters. The maximum absolute atomic E-state index is 12.9. The summed E-state index contributed by atoms with van der Waals surface area (Å²) < 4.78 is 27.3. The second kappa shape index (κ2) is 7.85. The lowest BCUT2D eigenvalue weighted by atomic mass is 10.1. The van der Waals surface area contributed by atoms with E-state index in [9.17, 15) is 18.3 Å². The number of nitrogens with zero attached hydrogens (tertiary/aromatic N) is 1. The lowest BCUT2D eigenvalue weighted by Crippen LogP contribution is -2.35. The van der Waals surface area contributed by atoms with Crippen molar-refractivity contribution in [2.45, 2.75) is 24.2 Å². The van der Waals surface area contributed by atoms with Crippen molar-refractivity contribution < 1.29 is 18.3 Å². The maximum Gasteiger partial charge on any atom is 0.255 e. The molecule has 0 aliphatic carbocycles. The summed E-state index contributed by atoms with van der Waals surface area (Å²) >= 11 is 0. The van der Waals surface area contributed by atoms with Gasteiger partial charge in [-0.2, -0.15) is 4.31 Å². The number of phenolic OH excluding ortho intramolecular Hbond substituents is 1. The van der Waals surface area contributed by atoms with E-state index in [1.165, 1.54) is 22.5 Å². The fraction of sp³-hybridized carbons (Fsp3) is 0.227. The lowest BCUT2D eigenvalue weighted by Gasteiger charge is -2.26. The molecule has 1 heterocycles. The Bertz CT molecular complexity index is 1170. The zero-order valence-electron chi connectivity index (χ0n) is 15.8. The van der Waals surface area contributed by atoms with Gasteiger partial charge in [-0.15, -0.1) is 0 Å². The van der Waals surface area contributed by atoms with Crippen LogP contribution in [0.3, 0.4) is 0 Å². The summed E-state index contributed by atoms with van der Waals surface area (Å²) in [6.07, 6.45) is 2.72. The fourth-order valence-corrected chi connectivity index (χ4v) is 5.19. The molecule has 0 aromatic heterocycles. The van der Waals surface area contributed by atoms with Gasteiger partial charge in [0, 0.05) is 24.0 Å². The summed E-state index contributed by atoms with van der Waals surface area (Å²) in [5.74, 6) is -0.526. The van der Waals surface area contributed by atoms with Gasteiger partial charge in [-0.05, 0) is 42.5 Å². The number of piperidine rings is 1. The summed E-state index contributed by atoms with van der Waals surface area (Å²) in [5.41, 5.74) is 0.521. The van der Waals surface area contributed by atoms with Gasteiger partial charge >= 0.3 is 0 Å². The van der Waals surface area contributed by atoms with Gasteiger partial charge in [0.2, 0.25) is 10.0 Å². The van der Waals surface area contributed by atoms with Crippen molar-refractivity contribution in [1.82, 2.24) is 4.31 Å². The van der Waals surface area contributed by atoms with Crippen LogP contribution in [0.5, 0.6) is 5.75 Å². The highest BCUT2D eigenvalue weighted by Crippen LogP contribution is 2.32. The highest BCUT2D eigenvalue weighted by Gasteiger charge is 2.26. The first-order valence-corrected chi connectivity index (χ1v) is 11.0. The van der Waals surface area contributed by atoms with Crippen molar-refractivity contribution in [1.29, 1.82) is 0 Å². The van der Waals surface area contributed by atoms with Crippen LogP contribution in [0.2, 0.25) is 0 Å². The molecule has 6 nitrogen and oxygen atoms in total. The largest absolute Gasteiger partial charge is 0.506 e. The number of carbonyl (C=O) groups excluding carboxylic acids is 1. The van der Waals surface area contributed by atoms with Crippen LogP contribution in [0, 0.1) is 0 Å². The molecule has 3 aromatic rings. The Hall–Kier alpha value is -2.90. The van der Waals surface area contributed by atoms with Crippen LogP contribution in [0.15, 0.2) is 65.6 Å². The average molecular weight is 410 g/mol. The second-order valence-corrected chi connectivity index (χ2v) is 9.07. The third kappa shape index (κ3) is 3.83. The first-order chi connectivity index (χ1) is 14.0. The maximum atomic E-state index is 12.9. The topological polar surface area (TPSA) is 86.7 Å². The van der Waals surface area contributed by atoms with E-state index < -0.39 is 15.9 Å². The molecule has 0 atom stereocenters. The Morgan fingerprint density at radius 1 is 0.931 bits per heavy atom. The van der Waals surface area contributed by atoms with Crippen LogP contribution in [0.25, 0.3) is 10.8 Å². The number of nitrogens with one attached hydrogen (secondary N) is 1. The molecule has 1 aliphatic heterocycles. The van der Waals surface area contributed by atoms with E-state index in [0.29, 0.717) is 24.2 Å². The molecule has 7 heteroatoms. The number of rotatable bonds is 4. The third-order valence-corrected chi connectivity index (χ3v) is 7.09. The van der Waals surface area contributed by atoms with Gasteiger partial charge in [-0.25, -0.2) is 8.42 Å². The summed E-state index contributed by atoms with van der Waals surface area (Å²) in [6.45, 7) is 1.01. The summed E-state index contributed by atoms with van der Waals surface area (Å²) in [6, 6.07) is 16.7. The first-order valence-electron chi connectivity index (χ1n) is 9.59. The van der Waals surface area contributed by atoms with Crippen LogP contribution < -0.4 is 5.32 Å². The van der Waals surface area contributed by atoms with E-state index in [1.54, 1.807) is 18.2 Å².